The number of nitrogens with zero attached hydrogens (tertiary/aromatic N) is 1. The summed E-state index contributed by atoms with van der Waals surface area (Å²) in [5.41, 5.74) is 4.79. The summed E-state index contributed by atoms with van der Waals surface area (Å²) >= 11 is 3.51. The van der Waals surface area contributed by atoms with Crippen molar-refractivity contribution in [2.45, 2.75) is 6.42 Å². The lowest BCUT2D eigenvalue weighted by molar-refractivity contribution is 1.07. The third kappa shape index (κ3) is 3.14. The summed E-state index contributed by atoms with van der Waals surface area (Å²) in [5.74, 6) is 0. The maximum atomic E-state index is 4.47. The number of rotatable bonds is 3. The van der Waals surface area contributed by atoms with Crippen molar-refractivity contribution in [3.8, 4) is 11.1 Å². The van der Waals surface area contributed by atoms with Crippen molar-refractivity contribution < 1.29 is 0 Å². The van der Waals surface area contributed by atoms with Crippen molar-refractivity contribution in [1.29, 1.82) is 0 Å². The van der Waals surface area contributed by atoms with Crippen LogP contribution in [-0.2, 0) is 6.42 Å². The molecule has 2 aromatic carbocycles. The fourth-order valence-electron chi connectivity index (χ4n) is 2.24. The van der Waals surface area contributed by atoms with Gasteiger partial charge in [-0.15, -0.1) is 0 Å². The second-order valence-electron chi connectivity index (χ2n) is 4.71. The van der Waals surface area contributed by atoms with Crippen LogP contribution in [0.5, 0.6) is 0 Å². The Morgan fingerprint density at radius 3 is 2.45 bits per heavy atom. The molecule has 20 heavy (non-hydrogen) atoms. The number of aromatic nitrogens is 1. The van der Waals surface area contributed by atoms with Crippen molar-refractivity contribution in [2.24, 2.45) is 0 Å². The molecule has 2 heteroatoms. The van der Waals surface area contributed by atoms with E-state index >= 15 is 0 Å². The normalized spacial score (nSPS) is 10.4. The Morgan fingerprint density at radius 2 is 1.65 bits per heavy atom. The van der Waals surface area contributed by atoms with E-state index in [9.17, 15) is 0 Å². The minimum Gasteiger partial charge on any atom is -0.261 e. The van der Waals surface area contributed by atoms with Crippen LogP contribution in [0.2, 0.25) is 0 Å². The Labute approximate surface area is 127 Å². The molecule has 0 unspecified atom stereocenters. The van der Waals surface area contributed by atoms with E-state index < -0.39 is 0 Å². The van der Waals surface area contributed by atoms with E-state index in [4.69, 9.17) is 0 Å². The first-order chi connectivity index (χ1) is 9.81. The third-order valence-electron chi connectivity index (χ3n) is 3.20. The van der Waals surface area contributed by atoms with Crippen LogP contribution in [0.15, 0.2) is 77.4 Å². The molecule has 0 aliphatic heterocycles. The predicted molar refractivity (Wildman–Crippen MR) is 86.6 cm³/mol. The van der Waals surface area contributed by atoms with Crippen LogP contribution in [-0.4, -0.2) is 4.98 Å². The molecule has 0 amide bonds. The fraction of sp³-hybridized carbons (Fsp3) is 0.0556. The van der Waals surface area contributed by atoms with Gasteiger partial charge in [0.1, 0.15) is 0 Å². The first-order valence-corrected chi connectivity index (χ1v) is 7.35. The van der Waals surface area contributed by atoms with Crippen molar-refractivity contribution in [3.63, 3.8) is 0 Å². The van der Waals surface area contributed by atoms with Crippen LogP contribution in [0.25, 0.3) is 11.1 Å². The standard InChI is InChI=1S/C18H14BrN/c19-17-8-4-5-14(11-17)12-18-13-16(9-10-20-18)15-6-2-1-3-7-15/h1-11,13H,12H2. The molecule has 0 radical (unpaired) electrons. The molecule has 3 aromatic rings. The van der Waals surface area contributed by atoms with E-state index in [0.717, 1.165) is 16.6 Å². The highest BCUT2D eigenvalue weighted by molar-refractivity contribution is 9.10. The highest BCUT2D eigenvalue weighted by atomic mass is 79.9. The lowest BCUT2D eigenvalue weighted by atomic mass is 10.0. The number of hydrogen-bond donors (Lipinski definition) is 0. The van der Waals surface area contributed by atoms with Gasteiger partial charge in [0.25, 0.3) is 0 Å². The third-order valence-corrected chi connectivity index (χ3v) is 3.69. The zero-order valence-electron chi connectivity index (χ0n) is 11.0. The minimum atomic E-state index is 0.847. The molecule has 3 rings (SSSR count). The van der Waals surface area contributed by atoms with E-state index in [0.29, 0.717) is 0 Å². The first kappa shape index (κ1) is 13.1. The average Bonchev–Trinajstić information content (AvgIpc) is 2.48. The highest BCUT2D eigenvalue weighted by Gasteiger charge is 2.02. The van der Waals surface area contributed by atoms with E-state index in [2.05, 4.69) is 75.5 Å². The Hall–Kier alpha value is -1.93. The van der Waals surface area contributed by atoms with Crippen LogP contribution in [0, 0.1) is 0 Å². The molecule has 0 N–H and O–H groups in total. The van der Waals surface area contributed by atoms with Crippen LogP contribution in [0.1, 0.15) is 11.3 Å². The maximum Gasteiger partial charge on any atom is 0.0453 e. The van der Waals surface area contributed by atoms with Crippen molar-refractivity contribution in [2.75, 3.05) is 0 Å². The predicted octanol–water partition coefficient (Wildman–Crippen LogP) is 5.10. The molecule has 0 spiro atoms. The lowest BCUT2D eigenvalue weighted by Gasteiger charge is -2.05. The zero-order chi connectivity index (χ0) is 13.8. The Balaban J connectivity index is 1.88. The van der Waals surface area contributed by atoms with Crippen molar-refractivity contribution >= 4 is 15.9 Å². The molecule has 1 heterocycles. The maximum absolute atomic E-state index is 4.47. The molecule has 1 aromatic heterocycles. The van der Waals surface area contributed by atoms with Crippen LogP contribution in [0.4, 0.5) is 0 Å². The van der Waals surface area contributed by atoms with Crippen molar-refractivity contribution in [1.82, 2.24) is 4.98 Å². The summed E-state index contributed by atoms with van der Waals surface area (Å²) in [7, 11) is 0. The van der Waals surface area contributed by atoms with Gasteiger partial charge >= 0.3 is 0 Å². The number of halogens is 1. The van der Waals surface area contributed by atoms with Gasteiger partial charge in [-0.25, -0.2) is 0 Å². The van der Waals surface area contributed by atoms with Gasteiger partial charge in [0.05, 0.1) is 0 Å². The molecular weight excluding hydrogens is 310 g/mol. The molecule has 0 atom stereocenters. The molecule has 0 aliphatic rings. The van der Waals surface area contributed by atoms with Gasteiger partial charge < -0.3 is 0 Å². The van der Waals surface area contributed by atoms with Gasteiger partial charge in [-0.3, -0.25) is 4.98 Å². The molecular formula is C18H14BrN. The van der Waals surface area contributed by atoms with Crippen LogP contribution >= 0.6 is 15.9 Å². The highest BCUT2D eigenvalue weighted by Crippen LogP contribution is 2.20. The number of benzene rings is 2. The van der Waals surface area contributed by atoms with Crippen LogP contribution in [0.3, 0.4) is 0 Å². The summed E-state index contributed by atoms with van der Waals surface area (Å²) in [5, 5.41) is 0. The van der Waals surface area contributed by atoms with Gasteiger partial charge in [-0.2, -0.15) is 0 Å². The lowest BCUT2D eigenvalue weighted by Crippen LogP contribution is -1.92. The molecule has 1 nitrogen and oxygen atoms in total. The summed E-state index contributed by atoms with van der Waals surface area (Å²) < 4.78 is 1.11. The second-order valence-corrected chi connectivity index (χ2v) is 5.62. The molecule has 0 bridgehead atoms. The van der Waals surface area contributed by atoms with E-state index in [-0.39, 0.29) is 0 Å². The van der Waals surface area contributed by atoms with Crippen molar-refractivity contribution in [3.05, 3.63) is 88.7 Å². The van der Waals surface area contributed by atoms with E-state index in [1.54, 1.807) is 0 Å². The smallest absolute Gasteiger partial charge is 0.0453 e. The number of pyridine rings is 1. The molecule has 0 aliphatic carbocycles. The first-order valence-electron chi connectivity index (χ1n) is 6.56. The Kier molecular flexibility index (Phi) is 3.93. The summed E-state index contributed by atoms with van der Waals surface area (Å²) in [6, 6.07) is 23.0. The van der Waals surface area contributed by atoms with Gasteiger partial charge in [0.2, 0.25) is 0 Å². The topological polar surface area (TPSA) is 12.9 Å². The SMILES string of the molecule is Brc1cccc(Cc2cc(-c3ccccc3)ccn2)c1. The zero-order valence-corrected chi connectivity index (χ0v) is 12.5. The van der Waals surface area contributed by atoms with Gasteiger partial charge in [-0.05, 0) is 41.0 Å². The van der Waals surface area contributed by atoms with Gasteiger partial charge in [-0.1, -0.05) is 58.4 Å². The Bertz CT molecular complexity index is 707. The molecule has 0 saturated heterocycles. The molecule has 0 fully saturated rings. The summed E-state index contributed by atoms with van der Waals surface area (Å²) in [4.78, 5) is 4.47. The van der Waals surface area contributed by atoms with Gasteiger partial charge in [0, 0.05) is 22.8 Å². The quantitative estimate of drug-likeness (QED) is 0.653. The molecule has 98 valence electrons. The van der Waals surface area contributed by atoms with E-state index in [1.165, 1.54) is 16.7 Å². The second kappa shape index (κ2) is 6.02. The summed E-state index contributed by atoms with van der Waals surface area (Å²) in [6.07, 6.45) is 2.73. The Morgan fingerprint density at radius 1 is 0.800 bits per heavy atom. The monoisotopic (exact) mass is 323 g/mol. The largest absolute Gasteiger partial charge is 0.261 e. The summed E-state index contributed by atoms with van der Waals surface area (Å²) in [6.45, 7) is 0. The van der Waals surface area contributed by atoms with E-state index in [1.807, 2.05) is 18.3 Å². The van der Waals surface area contributed by atoms with Crippen LogP contribution < -0.4 is 0 Å². The minimum absolute atomic E-state index is 0.847. The molecule has 0 saturated carbocycles. The number of hydrogen-bond acceptors (Lipinski definition) is 1. The van der Waals surface area contributed by atoms with Gasteiger partial charge in [0.15, 0.2) is 0 Å². The fourth-order valence-corrected chi connectivity index (χ4v) is 2.69. The average molecular weight is 324 g/mol.